The Balaban J connectivity index is 1.52. The van der Waals surface area contributed by atoms with E-state index in [2.05, 4.69) is 5.32 Å². The van der Waals surface area contributed by atoms with Gasteiger partial charge in [-0.25, -0.2) is 0 Å². The normalized spacial score (nSPS) is 12.1. The molecule has 1 heterocycles. The average molecular weight is 422 g/mol. The summed E-state index contributed by atoms with van der Waals surface area (Å²) >= 11 is 6.16. The van der Waals surface area contributed by atoms with Crippen molar-refractivity contribution in [2.24, 2.45) is 0 Å². The number of carbonyl (C=O) groups excluding carboxylic acids is 2. The molecule has 3 rings (SSSR count). The number of fused-ring (bicyclic) bond motifs is 1. The van der Waals surface area contributed by atoms with Crippen LogP contribution in [0.1, 0.15) is 15.9 Å². The first-order valence-corrected chi connectivity index (χ1v) is 9.13. The number of hydrogen-bond acceptors (Lipinski definition) is 7. The van der Waals surface area contributed by atoms with Gasteiger partial charge in [0.15, 0.2) is 23.0 Å². The van der Waals surface area contributed by atoms with Crippen LogP contribution in [0.3, 0.4) is 0 Å². The molecule has 29 heavy (non-hydrogen) atoms. The summed E-state index contributed by atoms with van der Waals surface area (Å²) in [6, 6.07) is 8.05. The third-order valence-corrected chi connectivity index (χ3v) is 4.38. The van der Waals surface area contributed by atoms with Gasteiger partial charge in [0, 0.05) is 5.56 Å². The number of esters is 1. The van der Waals surface area contributed by atoms with E-state index in [-0.39, 0.29) is 13.2 Å². The molecule has 154 valence electrons. The molecule has 1 aliphatic heterocycles. The molecule has 1 amide bonds. The predicted molar refractivity (Wildman–Crippen MR) is 104 cm³/mol. The van der Waals surface area contributed by atoms with Gasteiger partial charge in [0.05, 0.1) is 19.2 Å². The fourth-order valence-corrected chi connectivity index (χ4v) is 2.98. The fraction of sp³-hybridized carbons (Fsp3) is 0.300. The van der Waals surface area contributed by atoms with Crippen molar-refractivity contribution in [1.29, 1.82) is 0 Å². The highest BCUT2D eigenvalue weighted by atomic mass is 35.5. The molecule has 0 saturated heterocycles. The van der Waals surface area contributed by atoms with E-state index in [0.29, 0.717) is 52.4 Å². The minimum atomic E-state index is -0.593. The summed E-state index contributed by atoms with van der Waals surface area (Å²) in [5.41, 5.74) is 0.980. The summed E-state index contributed by atoms with van der Waals surface area (Å²) in [5.74, 6) is 0.876. The number of nitrogens with one attached hydrogen (secondary N) is 1. The smallest absolute Gasteiger partial charge is 0.325 e. The van der Waals surface area contributed by atoms with Crippen molar-refractivity contribution < 1.29 is 33.3 Å². The van der Waals surface area contributed by atoms with Gasteiger partial charge in [-0.1, -0.05) is 11.6 Å². The lowest BCUT2D eigenvalue weighted by atomic mass is 10.2. The lowest BCUT2D eigenvalue weighted by Crippen LogP contribution is -2.30. The van der Waals surface area contributed by atoms with Crippen molar-refractivity contribution in [3.05, 3.63) is 46.5 Å². The quantitative estimate of drug-likeness (QED) is 0.687. The topological polar surface area (TPSA) is 92.3 Å². The average Bonchev–Trinajstić information content (AvgIpc) is 2.75. The number of amides is 1. The van der Waals surface area contributed by atoms with Crippen LogP contribution in [0.2, 0.25) is 5.02 Å². The summed E-state index contributed by atoms with van der Waals surface area (Å²) in [7, 11) is 2.98. The van der Waals surface area contributed by atoms with Crippen molar-refractivity contribution in [3.63, 3.8) is 0 Å². The van der Waals surface area contributed by atoms with Crippen LogP contribution in [0.4, 0.5) is 0 Å². The molecule has 2 aromatic carbocycles. The van der Waals surface area contributed by atoms with E-state index in [9.17, 15) is 9.59 Å². The molecule has 9 heteroatoms. The lowest BCUT2D eigenvalue weighted by molar-refractivity contribution is -0.143. The highest BCUT2D eigenvalue weighted by Crippen LogP contribution is 2.38. The van der Waals surface area contributed by atoms with Crippen LogP contribution in [0.25, 0.3) is 0 Å². The molecule has 0 radical (unpaired) electrons. The monoisotopic (exact) mass is 421 g/mol. The molecule has 0 aromatic heterocycles. The second-order valence-corrected chi connectivity index (χ2v) is 6.42. The van der Waals surface area contributed by atoms with Crippen LogP contribution in [-0.4, -0.2) is 45.9 Å². The number of hydrogen-bond donors (Lipinski definition) is 1. The van der Waals surface area contributed by atoms with Crippen LogP contribution in [0.5, 0.6) is 23.0 Å². The van der Waals surface area contributed by atoms with Gasteiger partial charge < -0.3 is 29.0 Å². The maximum Gasteiger partial charge on any atom is 0.325 e. The minimum Gasteiger partial charge on any atom is -0.493 e. The molecular weight excluding hydrogens is 402 g/mol. The van der Waals surface area contributed by atoms with E-state index >= 15 is 0 Å². The van der Waals surface area contributed by atoms with Crippen LogP contribution >= 0.6 is 11.6 Å². The van der Waals surface area contributed by atoms with Gasteiger partial charge in [0.2, 0.25) is 0 Å². The van der Waals surface area contributed by atoms with Gasteiger partial charge >= 0.3 is 5.97 Å². The number of carbonyl (C=O) groups is 2. The zero-order chi connectivity index (χ0) is 20.8. The SMILES string of the molecule is COc1ccc(C(=O)NCC(=O)OCc2cc(Cl)c3c(c2)OCCO3)cc1OC. The Kier molecular flexibility index (Phi) is 6.66. The first-order chi connectivity index (χ1) is 14.0. The zero-order valence-electron chi connectivity index (χ0n) is 16.0. The molecule has 2 aromatic rings. The Morgan fingerprint density at radius 2 is 1.83 bits per heavy atom. The highest BCUT2D eigenvalue weighted by molar-refractivity contribution is 6.32. The summed E-state index contributed by atoms with van der Waals surface area (Å²) in [4.78, 5) is 24.2. The highest BCUT2D eigenvalue weighted by Gasteiger charge is 2.17. The molecule has 0 bridgehead atoms. The maximum atomic E-state index is 12.2. The largest absolute Gasteiger partial charge is 0.493 e. The predicted octanol–water partition coefficient (Wildman–Crippen LogP) is 2.60. The van der Waals surface area contributed by atoms with E-state index in [1.165, 1.54) is 20.3 Å². The molecule has 0 spiro atoms. The first-order valence-electron chi connectivity index (χ1n) is 8.75. The number of rotatable bonds is 7. The van der Waals surface area contributed by atoms with Crippen LogP contribution < -0.4 is 24.3 Å². The molecular formula is C20H20ClNO7. The minimum absolute atomic E-state index is 0.0125. The van der Waals surface area contributed by atoms with Gasteiger partial charge in [0.25, 0.3) is 5.91 Å². The number of methoxy groups -OCH3 is 2. The Morgan fingerprint density at radius 1 is 1.07 bits per heavy atom. The van der Waals surface area contributed by atoms with Crippen molar-refractivity contribution >= 4 is 23.5 Å². The molecule has 1 N–H and O–H groups in total. The first kappa shape index (κ1) is 20.6. The number of ether oxygens (including phenoxy) is 5. The van der Waals surface area contributed by atoms with E-state index in [4.69, 9.17) is 35.3 Å². The summed E-state index contributed by atoms with van der Waals surface area (Å²) in [6.07, 6.45) is 0. The number of benzene rings is 2. The van der Waals surface area contributed by atoms with Crippen molar-refractivity contribution in [2.75, 3.05) is 34.0 Å². The van der Waals surface area contributed by atoms with Gasteiger partial charge in [0.1, 0.15) is 26.4 Å². The Morgan fingerprint density at radius 3 is 2.59 bits per heavy atom. The lowest BCUT2D eigenvalue weighted by Gasteiger charge is -2.20. The third kappa shape index (κ3) is 5.03. The molecule has 1 aliphatic rings. The summed E-state index contributed by atoms with van der Waals surface area (Å²) < 4.78 is 26.4. The summed E-state index contributed by atoms with van der Waals surface area (Å²) in [6.45, 7) is 0.558. The van der Waals surface area contributed by atoms with Gasteiger partial charge in [-0.15, -0.1) is 0 Å². The fourth-order valence-electron chi connectivity index (χ4n) is 2.69. The molecule has 0 unspecified atom stereocenters. The molecule has 8 nitrogen and oxygen atoms in total. The van der Waals surface area contributed by atoms with Crippen LogP contribution in [0, 0.1) is 0 Å². The van der Waals surface area contributed by atoms with Crippen molar-refractivity contribution in [1.82, 2.24) is 5.32 Å². The summed E-state index contributed by atoms with van der Waals surface area (Å²) in [5, 5.41) is 2.89. The van der Waals surface area contributed by atoms with Gasteiger partial charge in [-0.2, -0.15) is 0 Å². The molecule has 0 fully saturated rings. The van der Waals surface area contributed by atoms with Gasteiger partial charge in [-0.05, 0) is 35.9 Å². The van der Waals surface area contributed by atoms with E-state index in [1.54, 1.807) is 24.3 Å². The second kappa shape index (κ2) is 9.38. The third-order valence-electron chi connectivity index (χ3n) is 4.10. The van der Waals surface area contributed by atoms with Crippen molar-refractivity contribution in [2.45, 2.75) is 6.61 Å². The molecule has 0 saturated carbocycles. The standard InChI is InChI=1S/C20H20ClNO7/c1-25-15-4-3-13(9-16(15)26-2)20(24)22-10-18(23)29-11-12-7-14(21)19-17(8-12)27-5-6-28-19/h3-4,7-9H,5-6,10-11H2,1-2H3,(H,22,24). The van der Waals surface area contributed by atoms with E-state index in [1.807, 2.05) is 0 Å². The Bertz CT molecular complexity index is 916. The molecule has 0 atom stereocenters. The van der Waals surface area contributed by atoms with Gasteiger partial charge in [-0.3, -0.25) is 9.59 Å². The molecule has 0 aliphatic carbocycles. The Labute approximate surface area is 172 Å². The Hall–Kier alpha value is -3.13. The second-order valence-electron chi connectivity index (χ2n) is 6.01. The van der Waals surface area contributed by atoms with Crippen LogP contribution in [-0.2, 0) is 16.1 Å². The zero-order valence-corrected chi connectivity index (χ0v) is 16.7. The number of halogens is 1. The van der Waals surface area contributed by atoms with E-state index in [0.717, 1.165) is 0 Å². The van der Waals surface area contributed by atoms with Crippen LogP contribution in [0.15, 0.2) is 30.3 Å². The van der Waals surface area contributed by atoms with E-state index < -0.39 is 11.9 Å². The van der Waals surface area contributed by atoms with Crippen molar-refractivity contribution in [3.8, 4) is 23.0 Å². The maximum absolute atomic E-state index is 12.2.